The molecule has 0 saturated carbocycles. The molecule has 3 aromatic carbocycles. The molecule has 38 heavy (non-hydrogen) atoms. The summed E-state index contributed by atoms with van der Waals surface area (Å²) < 4.78 is 41.9. The molecule has 7 nitrogen and oxygen atoms in total. The number of rotatable bonds is 12. The zero-order valence-electron chi connectivity index (χ0n) is 21.9. The van der Waals surface area contributed by atoms with E-state index >= 15 is 0 Å². The molecule has 0 aliphatic rings. The quantitative estimate of drug-likeness (QED) is 0.363. The highest BCUT2D eigenvalue weighted by molar-refractivity contribution is 7.92. The van der Waals surface area contributed by atoms with E-state index in [9.17, 15) is 22.4 Å². The van der Waals surface area contributed by atoms with E-state index in [1.54, 1.807) is 30.3 Å². The zero-order chi connectivity index (χ0) is 27.7. The number of hydrogen-bond acceptors (Lipinski definition) is 4. The Morgan fingerprint density at radius 2 is 1.55 bits per heavy atom. The molecule has 202 valence electrons. The molecule has 0 aliphatic heterocycles. The highest BCUT2D eigenvalue weighted by Gasteiger charge is 2.33. The van der Waals surface area contributed by atoms with E-state index in [4.69, 9.17) is 0 Å². The lowest BCUT2D eigenvalue weighted by atomic mass is 10.1. The Balaban J connectivity index is 2.03. The monoisotopic (exact) mass is 539 g/mol. The van der Waals surface area contributed by atoms with Crippen molar-refractivity contribution in [3.8, 4) is 0 Å². The van der Waals surface area contributed by atoms with Crippen LogP contribution in [-0.4, -0.2) is 44.3 Å². The van der Waals surface area contributed by atoms with Crippen LogP contribution in [0, 0.1) is 12.7 Å². The summed E-state index contributed by atoms with van der Waals surface area (Å²) in [5, 5.41) is 2.87. The van der Waals surface area contributed by atoms with Crippen LogP contribution >= 0.6 is 0 Å². The Labute approximate surface area is 224 Å². The fourth-order valence-corrected chi connectivity index (χ4v) is 5.53. The van der Waals surface area contributed by atoms with Gasteiger partial charge in [0.05, 0.1) is 10.6 Å². The second-order valence-corrected chi connectivity index (χ2v) is 10.8. The topological polar surface area (TPSA) is 86.8 Å². The second kappa shape index (κ2) is 13.2. The number of carbonyl (C=O) groups excluding carboxylic acids is 2. The van der Waals surface area contributed by atoms with Crippen LogP contribution in [0.4, 0.5) is 10.1 Å². The Hall–Kier alpha value is -3.72. The van der Waals surface area contributed by atoms with Gasteiger partial charge in [0.2, 0.25) is 11.8 Å². The van der Waals surface area contributed by atoms with Crippen molar-refractivity contribution in [1.29, 1.82) is 0 Å². The molecule has 9 heteroatoms. The normalized spacial score (nSPS) is 12.0. The zero-order valence-corrected chi connectivity index (χ0v) is 22.7. The molecule has 0 radical (unpaired) electrons. The molecular formula is C29H34FN3O4S. The van der Waals surface area contributed by atoms with Crippen LogP contribution in [0.2, 0.25) is 0 Å². The molecule has 1 N–H and O–H groups in total. The van der Waals surface area contributed by atoms with Gasteiger partial charge in [0.15, 0.2) is 0 Å². The summed E-state index contributed by atoms with van der Waals surface area (Å²) in [6.45, 7) is 5.76. The minimum atomic E-state index is -4.23. The van der Waals surface area contributed by atoms with Crippen molar-refractivity contribution in [2.24, 2.45) is 0 Å². The summed E-state index contributed by atoms with van der Waals surface area (Å²) >= 11 is 0. The number of para-hydroxylation sites is 1. The molecule has 0 bridgehead atoms. The largest absolute Gasteiger partial charge is 0.354 e. The minimum Gasteiger partial charge on any atom is -0.354 e. The van der Waals surface area contributed by atoms with Crippen molar-refractivity contribution in [3.63, 3.8) is 0 Å². The van der Waals surface area contributed by atoms with Crippen LogP contribution in [0.1, 0.15) is 37.8 Å². The minimum absolute atomic E-state index is 0.142. The highest BCUT2D eigenvalue weighted by Crippen LogP contribution is 2.25. The van der Waals surface area contributed by atoms with Crippen molar-refractivity contribution < 1.29 is 22.4 Å². The summed E-state index contributed by atoms with van der Waals surface area (Å²) in [6, 6.07) is 19.5. The molecule has 0 heterocycles. The Morgan fingerprint density at radius 1 is 0.921 bits per heavy atom. The van der Waals surface area contributed by atoms with Gasteiger partial charge in [0, 0.05) is 13.1 Å². The first-order chi connectivity index (χ1) is 18.2. The predicted molar refractivity (Wildman–Crippen MR) is 146 cm³/mol. The van der Waals surface area contributed by atoms with Gasteiger partial charge in [-0.2, -0.15) is 0 Å². The van der Waals surface area contributed by atoms with E-state index in [1.807, 2.05) is 45.0 Å². The maximum atomic E-state index is 13.9. The molecule has 0 aliphatic carbocycles. The SMILES string of the molecule is CCCNC(=O)C(CC)N(Cc1ccccc1C)C(=O)CN(c1ccccc1)S(=O)(=O)c1ccc(F)cc1. The molecule has 2 amide bonds. The summed E-state index contributed by atoms with van der Waals surface area (Å²) in [4.78, 5) is 28.3. The van der Waals surface area contributed by atoms with Gasteiger partial charge in [0.1, 0.15) is 18.4 Å². The first kappa shape index (κ1) is 28.8. The van der Waals surface area contributed by atoms with E-state index in [1.165, 1.54) is 17.0 Å². The molecule has 3 aromatic rings. The third-order valence-electron chi connectivity index (χ3n) is 6.26. The van der Waals surface area contributed by atoms with Crippen LogP contribution in [-0.2, 0) is 26.2 Å². The maximum Gasteiger partial charge on any atom is 0.264 e. The smallest absolute Gasteiger partial charge is 0.264 e. The van der Waals surface area contributed by atoms with Crippen molar-refractivity contribution in [2.45, 2.75) is 51.1 Å². The molecule has 1 atom stereocenters. The number of hydrogen-bond donors (Lipinski definition) is 1. The van der Waals surface area contributed by atoms with Gasteiger partial charge < -0.3 is 10.2 Å². The molecule has 0 aromatic heterocycles. The van der Waals surface area contributed by atoms with Gasteiger partial charge in [-0.05, 0) is 67.3 Å². The number of amides is 2. The number of halogens is 1. The van der Waals surface area contributed by atoms with E-state index in [0.717, 1.165) is 34.0 Å². The second-order valence-electron chi connectivity index (χ2n) is 8.96. The number of sulfonamides is 1. The van der Waals surface area contributed by atoms with Crippen LogP contribution in [0.25, 0.3) is 0 Å². The summed E-state index contributed by atoms with van der Waals surface area (Å²) in [5.41, 5.74) is 2.09. The lowest BCUT2D eigenvalue weighted by molar-refractivity contribution is -0.140. The molecule has 1 unspecified atom stereocenters. The third kappa shape index (κ3) is 6.98. The van der Waals surface area contributed by atoms with E-state index in [-0.39, 0.29) is 23.0 Å². The number of nitrogens with zero attached hydrogens (tertiary/aromatic N) is 2. The highest BCUT2D eigenvalue weighted by atomic mass is 32.2. The maximum absolute atomic E-state index is 13.9. The molecule has 3 rings (SSSR count). The van der Waals surface area contributed by atoms with E-state index < -0.39 is 34.3 Å². The molecule has 0 spiro atoms. The number of aryl methyl sites for hydroxylation is 1. The van der Waals surface area contributed by atoms with Crippen molar-refractivity contribution in [3.05, 3.63) is 95.8 Å². The first-order valence-corrected chi connectivity index (χ1v) is 14.1. The predicted octanol–water partition coefficient (Wildman–Crippen LogP) is 4.66. The fraction of sp³-hybridized carbons (Fsp3) is 0.310. The van der Waals surface area contributed by atoms with Crippen molar-refractivity contribution in [2.75, 3.05) is 17.4 Å². The van der Waals surface area contributed by atoms with Crippen LogP contribution < -0.4 is 9.62 Å². The summed E-state index contributed by atoms with van der Waals surface area (Å²) in [6.07, 6.45) is 1.09. The van der Waals surface area contributed by atoms with E-state index in [2.05, 4.69) is 5.32 Å². The summed E-state index contributed by atoms with van der Waals surface area (Å²) in [5.74, 6) is -1.38. The average molecular weight is 540 g/mol. The number of benzene rings is 3. The van der Waals surface area contributed by atoms with Crippen LogP contribution in [0.15, 0.2) is 83.8 Å². The van der Waals surface area contributed by atoms with E-state index in [0.29, 0.717) is 13.0 Å². The Bertz CT molecular complexity index is 1330. The molecule has 0 saturated heterocycles. The lowest BCUT2D eigenvalue weighted by Crippen LogP contribution is -2.52. The third-order valence-corrected chi connectivity index (χ3v) is 8.05. The van der Waals surface area contributed by atoms with Crippen LogP contribution in [0.5, 0.6) is 0 Å². The van der Waals surface area contributed by atoms with Gasteiger partial charge in [-0.15, -0.1) is 0 Å². The van der Waals surface area contributed by atoms with Gasteiger partial charge in [-0.1, -0.05) is 56.3 Å². The first-order valence-electron chi connectivity index (χ1n) is 12.6. The summed E-state index contributed by atoms with van der Waals surface area (Å²) in [7, 11) is -4.23. The van der Waals surface area contributed by atoms with Crippen molar-refractivity contribution >= 4 is 27.5 Å². The molecule has 0 fully saturated rings. The van der Waals surface area contributed by atoms with Gasteiger partial charge in [0.25, 0.3) is 10.0 Å². The molecular weight excluding hydrogens is 505 g/mol. The van der Waals surface area contributed by atoms with Crippen LogP contribution in [0.3, 0.4) is 0 Å². The number of carbonyl (C=O) groups is 2. The average Bonchev–Trinajstić information content (AvgIpc) is 2.92. The van der Waals surface area contributed by atoms with Gasteiger partial charge in [-0.25, -0.2) is 12.8 Å². The lowest BCUT2D eigenvalue weighted by Gasteiger charge is -2.33. The standard InChI is InChI=1S/C29H34FN3O4S/c1-4-19-31-29(35)27(5-2)32(20-23-12-10-9-11-22(23)3)28(34)21-33(25-13-7-6-8-14-25)38(36,37)26-17-15-24(30)16-18-26/h6-18,27H,4-5,19-21H2,1-3H3,(H,31,35). The fourth-order valence-electron chi connectivity index (χ4n) is 4.11. The Morgan fingerprint density at radius 3 is 2.16 bits per heavy atom. The Kier molecular flexibility index (Phi) is 10.0. The number of nitrogens with one attached hydrogen (secondary N) is 1. The van der Waals surface area contributed by atoms with Crippen molar-refractivity contribution in [1.82, 2.24) is 10.2 Å². The van der Waals surface area contributed by atoms with Gasteiger partial charge >= 0.3 is 0 Å². The van der Waals surface area contributed by atoms with Gasteiger partial charge in [-0.3, -0.25) is 13.9 Å². The number of anilines is 1.